The van der Waals surface area contributed by atoms with Crippen molar-refractivity contribution < 1.29 is 13.9 Å². The van der Waals surface area contributed by atoms with Gasteiger partial charge in [0.15, 0.2) is 11.6 Å². The molecule has 5 heteroatoms. The zero-order chi connectivity index (χ0) is 14.1. The summed E-state index contributed by atoms with van der Waals surface area (Å²) in [6.07, 6.45) is 0.735. The summed E-state index contributed by atoms with van der Waals surface area (Å²) >= 11 is 0. The molecule has 0 saturated carbocycles. The first kappa shape index (κ1) is 13.6. The van der Waals surface area contributed by atoms with Gasteiger partial charge in [0.1, 0.15) is 6.10 Å². The van der Waals surface area contributed by atoms with Crippen LogP contribution in [0.2, 0.25) is 0 Å². The van der Waals surface area contributed by atoms with Crippen molar-refractivity contribution >= 4 is 5.69 Å². The van der Waals surface area contributed by atoms with E-state index in [-0.39, 0.29) is 11.9 Å². The Bertz CT molecular complexity index is 495. The average Bonchev–Trinajstić information content (AvgIpc) is 2.60. The van der Waals surface area contributed by atoms with Crippen molar-refractivity contribution in [2.75, 3.05) is 38.3 Å². The highest BCUT2D eigenvalue weighted by Gasteiger charge is 2.33. The van der Waals surface area contributed by atoms with E-state index < -0.39 is 0 Å². The average molecular weight is 280 g/mol. The van der Waals surface area contributed by atoms with Crippen molar-refractivity contribution in [2.45, 2.75) is 25.5 Å². The van der Waals surface area contributed by atoms with E-state index in [2.05, 4.69) is 10.2 Å². The molecule has 2 heterocycles. The summed E-state index contributed by atoms with van der Waals surface area (Å²) < 4.78 is 25.6. The Morgan fingerprint density at radius 1 is 1.50 bits per heavy atom. The highest BCUT2D eigenvalue weighted by atomic mass is 19.1. The van der Waals surface area contributed by atoms with Crippen LogP contribution in [0.3, 0.4) is 0 Å². The standard InChI is InChI=1S/C15H21FN2O2/c1-10-3-4-13-15(14(10)16)20-12(9-19-2)7-11-8-17-5-6-18(11)13/h3-4,11-12,17H,5-9H2,1-2H3/t11-,12+/m1/s1. The molecule has 1 fully saturated rings. The number of methoxy groups -OCH3 is 1. The van der Waals surface area contributed by atoms with E-state index in [1.807, 2.05) is 12.1 Å². The summed E-state index contributed by atoms with van der Waals surface area (Å²) in [4.78, 5) is 2.27. The molecule has 1 N–H and O–H groups in total. The van der Waals surface area contributed by atoms with Crippen molar-refractivity contribution in [3.8, 4) is 5.75 Å². The number of rotatable bonds is 2. The van der Waals surface area contributed by atoms with Crippen LogP contribution >= 0.6 is 0 Å². The minimum absolute atomic E-state index is 0.107. The summed E-state index contributed by atoms with van der Waals surface area (Å²) in [5, 5.41) is 3.40. The predicted octanol–water partition coefficient (Wildman–Crippen LogP) is 1.71. The van der Waals surface area contributed by atoms with Gasteiger partial charge in [-0.15, -0.1) is 0 Å². The summed E-state index contributed by atoms with van der Waals surface area (Å²) in [5.74, 6) is 0.138. The molecule has 2 atom stereocenters. The second-order valence-corrected chi connectivity index (χ2v) is 5.53. The smallest absolute Gasteiger partial charge is 0.179 e. The third-order valence-electron chi connectivity index (χ3n) is 4.10. The largest absolute Gasteiger partial charge is 0.483 e. The Balaban J connectivity index is 2.02. The van der Waals surface area contributed by atoms with Gasteiger partial charge in [-0.05, 0) is 18.6 Å². The molecule has 2 aliphatic rings. The number of nitrogens with one attached hydrogen (secondary N) is 1. The maximum Gasteiger partial charge on any atom is 0.179 e. The Morgan fingerprint density at radius 3 is 3.15 bits per heavy atom. The molecule has 0 spiro atoms. The van der Waals surface area contributed by atoms with Gasteiger partial charge in [0, 0.05) is 39.2 Å². The Hall–Kier alpha value is -1.33. The highest BCUT2D eigenvalue weighted by Crippen LogP contribution is 2.38. The van der Waals surface area contributed by atoms with Gasteiger partial charge in [0.2, 0.25) is 0 Å². The van der Waals surface area contributed by atoms with E-state index >= 15 is 0 Å². The van der Waals surface area contributed by atoms with Gasteiger partial charge in [-0.2, -0.15) is 0 Å². The fraction of sp³-hybridized carbons (Fsp3) is 0.600. The third kappa shape index (κ3) is 2.36. The van der Waals surface area contributed by atoms with Gasteiger partial charge in [-0.3, -0.25) is 0 Å². The fourth-order valence-electron chi connectivity index (χ4n) is 3.08. The van der Waals surface area contributed by atoms with Crippen molar-refractivity contribution in [1.29, 1.82) is 0 Å². The van der Waals surface area contributed by atoms with E-state index in [1.54, 1.807) is 14.0 Å². The van der Waals surface area contributed by atoms with Crippen LogP contribution in [0.15, 0.2) is 12.1 Å². The van der Waals surface area contributed by atoms with Gasteiger partial charge in [0.05, 0.1) is 12.3 Å². The van der Waals surface area contributed by atoms with Gasteiger partial charge < -0.3 is 19.7 Å². The van der Waals surface area contributed by atoms with Crippen LogP contribution in [0.25, 0.3) is 0 Å². The van der Waals surface area contributed by atoms with Crippen molar-refractivity contribution in [2.24, 2.45) is 0 Å². The number of ether oxygens (including phenoxy) is 2. The van der Waals surface area contributed by atoms with Crippen molar-refractivity contribution in [3.05, 3.63) is 23.5 Å². The van der Waals surface area contributed by atoms with Gasteiger partial charge in [0.25, 0.3) is 0 Å². The second-order valence-electron chi connectivity index (χ2n) is 5.53. The maximum absolute atomic E-state index is 14.4. The molecule has 1 saturated heterocycles. The minimum Gasteiger partial charge on any atom is -0.483 e. The number of benzene rings is 1. The minimum atomic E-state index is -0.247. The molecule has 2 aliphatic heterocycles. The zero-order valence-electron chi connectivity index (χ0n) is 12.0. The number of nitrogens with zero attached hydrogens (tertiary/aromatic N) is 1. The van der Waals surface area contributed by atoms with Gasteiger partial charge in [-0.1, -0.05) is 6.07 Å². The number of hydrogen-bond acceptors (Lipinski definition) is 4. The summed E-state index contributed by atoms with van der Waals surface area (Å²) in [7, 11) is 1.65. The number of halogens is 1. The van der Waals surface area contributed by atoms with E-state index in [0.717, 1.165) is 31.7 Å². The van der Waals surface area contributed by atoms with Crippen LogP contribution in [0.5, 0.6) is 5.75 Å². The zero-order valence-corrected chi connectivity index (χ0v) is 12.0. The first-order valence-electron chi connectivity index (χ1n) is 7.12. The summed E-state index contributed by atoms with van der Waals surface area (Å²) in [5.41, 5.74) is 1.49. The van der Waals surface area contributed by atoms with Gasteiger partial charge >= 0.3 is 0 Å². The maximum atomic E-state index is 14.4. The lowest BCUT2D eigenvalue weighted by atomic mass is 10.1. The number of aryl methyl sites for hydroxylation is 1. The molecule has 1 aromatic carbocycles. The van der Waals surface area contributed by atoms with E-state index in [4.69, 9.17) is 9.47 Å². The third-order valence-corrected chi connectivity index (χ3v) is 4.10. The van der Waals surface area contributed by atoms with Crippen LogP contribution in [0, 0.1) is 12.7 Å². The summed E-state index contributed by atoms with van der Waals surface area (Å²) in [6, 6.07) is 4.13. The molecule has 0 unspecified atom stereocenters. The molecule has 0 aromatic heterocycles. The fourth-order valence-corrected chi connectivity index (χ4v) is 3.08. The predicted molar refractivity (Wildman–Crippen MR) is 76.0 cm³/mol. The quantitative estimate of drug-likeness (QED) is 0.894. The monoisotopic (exact) mass is 280 g/mol. The van der Waals surface area contributed by atoms with Crippen molar-refractivity contribution in [1.82, 2.24) is 5.32 Å². The van der Waals surface area contributed by atoms with Crippen LogP contribution in [0.4, 0.5) is 10.1 Å². The molecule has 4 nitrogen and oxygen atoms in total. The number of fused-ring (bicyclic) bond motifs is 3. The van der Waals surface area contributed by atoms with Crippen LogP contribution in [-0.2, 0) is 4.74 Å². The number of piperazine rings is 1. The molecule has 0 aliphatic carbocycles. The lowest BCUT2D eigenvalue weighted by Crippen LogP contribution is -2.52. The second kappa shape index (κ2) is 5.58. The van der Waals surface area contributed by atoms with E-state index in [0.29, 0.717) is 24.0 Å². The molecule has 1 aromatic rings. The molecular formula is C15H21FN2O2. The Kier molecular flexibility index (Phi) is 3.81. The summed E-state index contributed by atoms with van der Waals surface area (Å²) in [6.45, 7) is 4.95. The molecular weight excluding hydrogens is 259 g/mol. The highest BCUT2D eigenvalue weighted by molar-refractivity contribution is 5.62. The van der Waals surface area contributed by atoms with E-state index in [1.165, 1.54) is 0 Å². The van der Waals surface area contributed by atoms with Crippen LogP contribution in [-0.4, -0.2) is 45.5 Å². The lowest BCUT2D eigenvalue weighted by Gasteiger charge is -2.37. The van der Waals surface area contributed by atoms with E-state index in [9.17, 15) is 4.39 Å². The Labute approximate surface area is 118 Å². The van der Waals surface area contributed by atoms with Crippen LogP contribution in [0.1, 0.15) is 12.0 Å². The Morgan fingerprint density at radius 2 is 2.35 bits per heavy atom. The van der Waals surface area contributed by atoms with Gasteiger partial charge in [-0.25, -0.2) is 4.39 Å². The number of anilines is 1. The number of hydrogen-bond donors (Lipinski definition) is 1. The SMILES string of the molecule is COC[C@@H]1C[C@@H]2CNCCN2c2ccc(C)c(F)c2O1. The van der Waals surface area contributed by atoms with Crippen molar-refractivity contribution in [3.63, 3.8) is 0 Å². The molecule has 110 valence electrons. The van der Waals surface area contributed by atoms with Crippen LogP contribution < -0.4 is 15.0 Å². The molecule has 3 rings (SSSR count). The topological polar surface area (TPSA) is 33.7 Å². The molecule has 0 amide bonds. The molecule has 20 heavy (non-hydrogen) atoms. The first-order valence-corrected chi connectivity index (χ1v) is 7.12. The first-order chi connectivity index (χ1) is 9.70. The molecule has 0 radical (unpaired) electrons. The normalized spacial score (nSPS) is 25.4. The lowest BCUT2D eigenvalue weighted by molar-refractivity contribution is 0.0720. The molecule has 0 bridgehead atoms.